The van der Waals surface area contributed by atoms with Crippen LogP contribution in [0.2, 0.25) is 0 Å². The predicted molar refractivity (Wildman–Crippen MR) is 129 cm³/mol. The Morgan fingerprint density at radius 1 is 1.12 bits per heavy atom. The number of hydrogen-bond acceptors (Lipinski definition) is 5. The van der Waals surface area contributed by atoms with Gasteiger partial charge in [-0.1, -0.05) is 31.9 Å². The first-order chi connectivity index (χ1) is 14.4. The Balaban J connectivity index is 0.00000480. The lowest BCUT2D eigenvalue weighted by Crippen LogP contribution is -2.43. The number of piperidine rings is 1. The molecular formula is C22H39ClN2O6S. The summed E-state index contributed by atoms with van der Waals surface area (Å²) < 4.78 is 32.1. The molecule has 0 bridgehead atoms. The van der Waals surface area contributed by atoms with Gasteiger partial charge >= 0.3 is 5.97 Å². The van der Waals surface area contributed by atoms with Crippen molar-refractivity contribution in [2.75, 3.05) is 32.0 Å². The van der Waals surface area contributed by atoms with E-state index in [0.29, 0.717) is 13.0 Å². The van der Waals surface area contributed by atoms with Gasteiger partial charge in [0.2, 0.25) is 10.0 Å². The van der Waals surface area contributed by atoms with Crippen LogP contribution in [-0.2, 0) is 21.2 Å². The normalized spacial score (nSPS) is 15.3. The van der Waals surface area contributed by atoms with Gasteiger partial charge in [-0.2, -0.15) is 0 Å². The second kappa shape index (κ2) is 16.3. The maximum Gasteiger partial charge on any atom is 0.322 e. The molecule has 0 aliphatic carbocycles. The molecule has 1 fully saturated rings. The van der Waals surface area contributed by atoms with E-state index in [0.717, 1.165) is 37.1 Å². The minimum absolute atomic E-state index is 0. The van der Waals surface area contributed by atoms with E-state index in [9.17, 15) is 18.3 Å². The number of hydrogen-bond donors (Lipinski definition) is 2. The van der Waals surface area contributed by atoms with Crippen molar-refractivity contribution in [1.29, 1.82) is 0 Å². The average Bonchev–Trinajstić information content (AvgIpc) is 2.73. The molecule has 186 valence electrons. The Kier molecular flexibility index (Phi) is 15.6. The highest BCUT2D eigenvalue weighted by atomic mass is 35.5. The summed E-state index contributed by atoms with van der Waals surface area (Å²) in [6.45, 7) is 6.11. The largest absolute Gasteiger partial charge is 0.494 e. The molecule has 1 heterocycles. The quantitative estimate of drug-likeness (QED) is 0.383. The fraction of sp³-hybridized carbons (Fsp3) is 0.682. The highest BCUT2D eigenvalue weighted by Gasteiger charge is 2.24. The summed E-state index contributed by atoms with van der Waals surface area (Å²) in [4.78, 5) is 14.0. The standard InChI is InChI=1S/C22H36N2O5S.ClH.H2O/c1-2-3-17-30(27,28)23-21(22(25)26)18-19-9-11-20(12-10-19)29-16-8-7-15-24-13-5-4-6-14-24;;/h9-12,21,23H,2-8,13-18H2,1H3,(H,25,26);1H;1H2/t21-;;/m0../s1. The lowest BCUT2D eigenvalue weighted by molar-refractivity contribution is -0.138. The van der Waals surface area contributed by atoms with Crippen LogP contribution in [0.5, 0.6) is 5.75 Å². The van der Waals surface area contributed by atoms with Crippen molar-refractivity contribution in [1.82, 2.24) is 9.62 Å². The molecule has 10 heteroatoms. The Bertz CT molecular complexity index is 739. The third-order valence-electron chi connectivity index (χ3n) is 5.34. The highest BCUT2D eigenvalue weighted by molar-refractivity contribution is 7.89. The molecule has 2 rings (SSSR count). The van der Waals surface area contributed by atoms with Gasteiger partial charge in [-0.3, -0.25) is 4.79 Å². The smallest absolute Gasteiger partial charge is 0.322 e. The van der Waals surface area contributed by atoms with Crippen LogP contribution in [0.1, 0.15) is 57.4 Å². The zero-order valence-electron chi connectivity index (χ0n) is 18.9. The summed E-state index contributed by atoms with van der Waals surface area (Å²) in [7, 11) is -3.60. The molecule has 8 nitrogen and oxygen atoms in total. The number of unbranched alkanes of at least 4 members (excludes halogenated alkanes) is 2. The molecule has 1 aromatic carbocycles. The van der Waals surface area contributed by atoms with Crippen molar-refractivity contribution in [3.05, 3.63) is 29.8 Å². The van der Waals surface area contributed by atoms with Crippen molar-refractivity contribution in [2.45, 2.75) is 64.3 Å². The Hall–Kier alpha value is -1.39. The Morgan fingerprint density at radius 2 is 1.78 bits per heavy atom. The lowest BCUT2D eigenvalue weighted by Gasteiger charge is -2.26. The molecule has 1 aliphatic heterocycles. The number of benzene rings is 1. The van der Waals surface area contributed by atoms with E-state index in [1.54, 1.807) is 12.1 Å². The molecular weight excluding hydrogens is 456 g/mol. The SMILES string of the molecule is CCCCS(=O)(=O)N[C@@H](Cc1ccc(OCCCCN2CCCCC2)cc1)C(=O)O.Cl.O. The van der Waals surface area contributed by atoms with Gasteiger partial charge in [-0.25, -0.2) is 13.1 Å². The second-order valence-electron chi connectivity index (χ2n) is 7.99. The molecule has 0 amide bonds. The van der Waals surface area contributed by atoms with Gasteiger partial charge in [0.15, 0.2) is 0 Å². The number of nitrogens with zero attached hydrogens (tertiary/aromatic N) is 1. The Labute approximate surface area is 198 Å². The van der Waals surface area contributed by atoms with Gasteiger partial charge in [0.1, 0.15) is 11.8 Å². The van der Waals surface area contributed by atoms with Gasteiger partial charge in [-0.05, 0) is 75.9 Å². The summed E-state index contributed by atoms with van der Waals surface area (Å²) in [5.41, 5.74) is 0.748. The predicted octanol–water partition coefficient (Wildman–Crippen LogP) is 2.64. The number of carboxylic acids is 1. The Morgan fingerprint density at radius 3 is 2.38 bits per heavy atom. The van der Waals surface area contributed by atoms with Crippen LogP contribution in [0, 0.1) is 0 Å². The molecule has 0 saturated carbocycles. The third-order valence-corrected chi connectivity index (χ3v) is 6.81. The minimum atomic E-state index is -3.60. The lowest BCUT2D eigenvalue weighted by atomic mass is 10.1. The van der Waals surface area contributed by atoms with E-state index < -0.39 is 22.0 Å². The summed E-state index contributed by atoms with van der Waals surface area (Å²) in [5.74, 6) is -0.492. The number of likely N-dealkylation sites (tertiary alicyclic amines) is 1. The summed E-state index contributed by atoms with van der Waals surface area (Å²) in [5, 5.41) is 9.38. The molecule has 1 aliphatic rings. The van der Waals surface area contributed by atoms with Gasteiger partial charge < -0.3 is 20.2 Å². The summed E-state index contributed by atoms with van der Waals surface area (Å²) in [6.07, 6.45) is 7.43. The van der Waals surface area contributed by atoms with Crippen molar-refractivity contribution in [2.24, 2.45) is 0 Å². The minimum Gasteiger partial charge on any atom is -0.494 e. The average molecular weight is 495 g/mol. The van der Waals surface area contributed by atoms with Crippen LogP contribution in [0.4, 0.5) is 0 Å². The zero-order chi connectivity index (χ0) is 21.8. The summed E-state index contributed by atoms with van der Waals surface area (Å²) in [6, 6.07) is 6.03. The molecule has 1 aromatic rings. The van der Waals surface area contributed by atoms with Crippen molar-refractivity contribution in [3.8, 4) is 5.75 Å². The van der Waals surface area contributed by atoms with Crippen LogP contribution in [0.15, 0.2) is 24.3 Å². The third kappa shape index (κ3) is 12.0. The van der Waals surface area contributed by atoms with E-state index >= 15 is 0 Å². The molecule has 0 radical (unpaired) electrons. The number of rotatable bonds is 14. The van der Waals surface area contributed by atoms with E-state index in [1.165, 1.54) is 32.4 Å². The second-order valence-corrected chi connectivity index (χ2v) is 9.86. The summed E-state index contributed by atoms with van der Waals surface area (Å²) >= 11 is 0. The van der Waals surface area contributed by atoms with Gasteiger partial charge in [0, 0.05) is 0 Å². The fourth-order valence-corrected chi connectivity index (χ4v) is 4.96. The number of nitrogens with one attached hydrogen (secondary N) is 1. The fourth-order valence-electron chi connectivity index (χ4n) is 3.56. The first kappa shape index (κ1) is 30.6. The molecule has 1 saturated heterocycles. The number of sulfonamides is 1. The zero-order valence-corrected chi connectivity index (χ0v) is 20.6. The van der Waals surface area contributed by atoms with Crippen molar-refractivity contribution in [3.63, 3.8) is 0 Å². The number of ether oxygens (including phenoxy) is 1. The van der Waals surface area contributed by atoms with Crippen molar-refractivity contribution < 1.29 is 28.5 Å². The van der Waals surface area contributed by atoms with Crippen LogP contribution >= 0.6 is 12.4 Å². The first-order valence-corrected chi connectivity index (χ1v) is 12.7. The molecule has 4 N–H and O–H groups in total. The van der Waals surface area contributed by atoms with E-state index in [1.807, 2.05) is 19.1 Å². The van der Waals surface area contributed by atoms with Crippen LogP contribution < -0.4 is 9.46 Å². The van der Waals surface area contributed by atoms with Gasteiger partial charge in [0.05, 0.1) is 12.4 Å². The van der Waals surface area contributed by atoms with E-state index in [-0.39, 0.29) is 30.1 Å². The number of carbonyl (C=O) groups is 1. The number of carboxylic acid groups (broad SMARTS) is 1. The van der Waals surface area contributed by atoms with Crippen LogP contribution in [0.3, 0.4) is 0 Å². The monoisotopic (exact) mass is 494 g/mol. The van der Waals surface area contributed by atoms with Gasteiger partial charge in [0.25, 0.3) is 0 Å². The van der Waals surface area contributed by atoms with Crippen LogP contribution in [-0.4, -0.2) is 67.9 Å². The maximum atomic E-state index is 12.0. The number of halogens is 1. The molecule has 0 spiro atoms. The van der Waals surface area contributed by atoms with Crippen molar-refractivity contribution >= 4 is 28.4 Å². The van der Waals surface area contributed by atoms with E-state index in [4.69, 9.17) is 4.74 Å². The molecule has 0 aromatic heterocycles. The molecule has 32 heavy (non-hydrogen) atoms. The topological polar surface area (TPSA) is 127 Å². The number of aliphatic carboxylic acids is 1. The maximum absolute atomic E-state index is 12.0. The van der Waals surface area contributed by atoms with Gasteiger partial charge in [-0.15, -0.1) is 12.4 Å². The van der Waals surface area contributed by atoms with Crippen LogP contribution in [0.25, 0.3) is 0 Å². The molecule has 1 atom stereocenters. The highest BCUT2D eigenvalue weighted by Crippen LogP contribution is 2.15. The first-order valence-electron chi connectivity index (χ1n) is 11.1. The van der Waals surface area contributed by atoms with E-state index in [2.05, 4.69) is 9.62 Å². The molecule has 0 unspecified atom stereocenters.